The third-order valence-electron chi connectivity index (χ3n) is 5.67. The van der Waals surface area contributed by atoms with Gasteiger partial charge in [0.05, 0.1) is 12.6 Å². The second-order valence-electron chi connectivity index (χ2n) is 7.40. The van der Waals surface area contributed by atoms with Crippen LogP contribution in [0.15, 0.2) is 54.7 Å². The van der Waals surface area contributed by atoms with Crippen molar-refractivity contribution >= 4 is 33.9 Å². The molecule has 0 unspecified atom stereocenters. The highest BCUT2D eigenvalue weighted by atomic mass is 32.1. The van der Waals surface area contributed by atoms with Gasteiger partial charge in [-0.3, -0.25) is 4.98 Å². The van der Waals surface area contributed by atoms with Gasteiger partial charge < -0.3 is 15.4 Å². The summed E-state index contributed by atoms with van der Waals surface area (Å²) >= 11 is 5.74. The van der Waals surface area contributed by atoms with E-state index in [1.54, 1.807) is 13.3 Å². The van der Waals surface area contributed by atoms with Gasteiger partial charge in [0.15, 0.2) is 5.11 Å². The van der Waals surface area contributed by atoms with Crippen LogP contribution < -0.4 is 15.4 Å². The summed E-state index contributed by atoms with van der Waals surface area (Å²) in [6.07, 6.45) is 6.37. The molecule has 1 aromatic heterocycles. The standard InChI is InChI=1S/C23H25N3OS/c1-16-8-3-4-10-18(16)23(13-5-6-14-23)26-22(28)25-19-11-12-20(27-2)21-17(19)9-7-15-24-21/h3-4,7-12,15H,5-6,13-14H2,1-2H3,(H2,25,26,28). The summed E-state index contributed by atoms with van der Waals surface area (Å²) in [6.45, 7) is 2.18. The van der Waals surface area contributed by atoms with E-state index in [1.165, 1.54) is 24.0 Å². The Morgan fingerprint density at radius 1 is 1.07 bits per heavy atom. The van der Waals surface area contributed by atoms with E-state index in [4.69, 9.17) is 17.0 Å². The van der Waals surface area contributed by atoms with E-state index in [-0.39, 0.29) is 5.54 Å². The van der Waals surface area contributed by atoms with E-state index in [0.29, 0.717) is 5.11 Å². The fourth-order valence-electron chi connectivity index (χ4n) is 4.34. The smallest absolute Gasteiger partial charge is 0.171 e. The Morgan fingerprint density at radius 2 is 1.86 bits per heavy atom. The van der Waals surface area contributed by atoms with Crippen LogP contribution in [0.5, 0.6) is 5.75 Å². The van der Waals surface area contributed by atoms with E-state index in [0.717, 1.165) is 35.2 Å². The van der Waals surface area contributed by atoms with E-state index >= 15 is 0 Å². The number of hydrogen-bond acceptors (Lipinski definition) is 3. The number of thiocarbonyl (C=S) groups is 1. The van der Waals surface area contributed by atoms with Gasteiger partial charge in [0, 0.05) is 17.3 Å². The summed E-state index contributed by atoms with van der Waals surface area (Å²) in [4.78, 5) is 4.47. The van der Waals surface area contributed by atoms with Crippen molar-refractivity contribution < 1.29 is 4.74 Å². The molecule has 1 saturated carbocycles. The van der Waals surface area contributed by atoms with Crippen molar-refractivity contribution in [1.29, 1.82) is 0 Å². The zero-order valence-corrected chi connectivity index (χ0v) is 17.1. The van der Waals surface area contributed by atoms with Gasteiger partial charge in [0.25, 0.3) is 0 Å². The molecule has 0 bridgehead atoms. The van der Waals surface area contributed by atoms with Gasteiger partial charge >= 0.3 is 0 Å². The van der Waals surface area contributed by atoms with Crippen LogP contribution in [0.1, 0.15) is 36.8 Å². The molecule has 1 heterocycles. The van der Waals surface area contributed by atoms with Gasteiger partial charge in [-0.2, -0.15) is 0 Å². The first-order valence-electron chi connectivity index (χ1n) is 9.70. The van der Waals surface area contributed by atoms with Gasteiger partial charge in [-0.05, 0) is 67.4 Å². The van der Waals surface area contributed by atoms with Gasteiger partial charge in [0.1, 0.15) is 11.3 Å². The molecule has 0 atom stereocenters. The molecule has 2 aromatic carbocycles. The summed E-state index contributed by atoms with van der Waals surface area (Å²) < 4.78 is 5.44. The second kappa shape index (κ2) is 7.76. The van der Waals surface area contributed by atoms with Gasteiger partial charge in [-0.1, -0.05) is 37.1 Å². The van der Waals surface area contributed by atoms with Gasteiger partial charge in [-0.25, -0.2) is 0 Å². The van der Waals surface area contributed by atoms with Crippen molar-refractivity contribution in [2.75, 3.05) is 12.4 Å². The molecule has 1 aliphatic carbocycles. The number of benzene rings is 2. The number of aromatic nitrogens is 1. The average Bonchev–Trinajstić information content (AvgIpc) is 3.17. The topological polar surface area (TPSA) is 46.2 Å². The molecule has 3 aromatic rings. The number of ether oxygens (including phenoxy) is 1. The van der Waals surface area contributed by atoms with Crippen LogP contribution in [0.25, 0.3) is 10.9 Å². The first-order valence-corrected chi connectivity index (χ1v) is 10.1. The molecule has 1 fully saturated rings. The minimum absolute atomic E-state index is 0.101. The summed E-state index contributed by atoms with van der Waals surface area (Å²) in [5, 5.41) is 8.69. The van der Waals surface area contributed by atoms with Crippen LogP contribution in [0.3, 0.4) is 0 Å². The fraction of sp³-hybridized carbons (Fsp3) is 0.304. The molecule has 4 nitrogen and oxygen atoms in total. The van der Waals surface area contributed by atoms with Crippen LogP contribution in [0.2, 0.25) is 0 Å². The third-order valence-corrected chi connectivity index (χ3v) is 5.88. The molecule has 0 saturated heterocycles. The number of rotatable bonds is 4. The van der Waals surface area contributed by atoms with Gasteiger partial charge in [-0.15, -0.1) is 0 Å². The monoisotopic (exact) mass is 391 g/mol. The maximum atomic E-state index is 5.74. The number of aryl methyl sites for hydroxylation is 1. The molecule has 2 N–H and O–H groups in total. The number of pyridine rings is 1. The van der Waals surface area contributed by atoms with Crippen LogP contribution in [0, 0.1) is 6.92 Å². The molecule has 0 radical (unpaired) electrons. The SMILES string of the molecule is COc1ccc(NC(=S)NC2(c3ccccc3C)CCCC2)c2cccnc12. The molecule has 144 valence electrons. The second-order valence-corrected chi connectivity index (χ2v) is 7.81. The Hall–Kier alpha value is -2.66. The Morgan fingerprint density at radius 3 is 2.61 bits per heavy atom. The minimum atomic E-state index is -0.101. The lowest BCUT2D eigenvalue weighted by Gasteiger charge is -2.34. The molecular formula is C23H25N3OS. The molecular weight excluding hydrogens is 366 g/mol. The Bertz CT molecular complexity index is 1010. The third kappa shape index (κ3) is 3.42. The quantitative estimate of drug-likeness (QED) is 0.590. The summed E-state index contributed by atoms with van der Waals surface area (Å²) in [5.74, 6) is 0.757. The van der Waals surface area contributed by atoms with E-state index in [9.17, 15) is 0 Å². The molecule has 28 heavy (non-hydrogen) atoms. The number of hydrogen-bond donors (Lipinski definition) is 2. The normalized spacial score (nSPS) is 15.4. The van der Waals surface area contributed by atoms with Gasteiger partial charge in [0.2, 0.25) is 0 Å². The Balaban J connectivity index is 1.62. The Labute approximate surface area is 171 Å². The van der Waals surface area contributed by atoms with Crippen LogP contribution in [-0.4, -0.2) is 17.2 Å². The molecule has 5 heteroatoms. The molecule has 1 aliphatic rings. The zero-order valence-electron chi connectivity index (χ0n) is 16.3. The highest BCUT2D eigenvalue weighted by molar-refractivity contribution is 7.80. The molecule has 0 spiro atoms. The summed E-state index contributed by atoms with van der Waals surface area (Å²) in [7, 11) is 1.66. The summed E-state index contributed by atoms with van der Waals surface area (Å²) in [5.41, 5.74) is 4.30. The predicted molar refractivity (Wildman–Crippen MR) is 119 cm³/mol. The maximum Gasteiger partial charge on any atom is 0.171 e. The molecule has 0 aliphatic heterocycles. The number of nitrogens with one attached hydrogen (secondary N) is 2. The lowest BCUT2D eigenvalue weighted by Crippen LogP contribution is -2.46. The van der Waals surface area contributed by atoms with Crippen LogP contribution in [0.4, 0.5) is 5.69 Å². The summed E-state index contributed by atoms with van der Waals surface area (Å²) in [6, 6.07) is 16.5. The number of anilines is 1. The van der Waals surface area contributed by atoms with Crippen molar-refractivity contribution in [3.8, 4) is 5.75 Å². The maximum absolute atomic E-state index is 5.74. The van der Waals surface area contributed by atoms with Crippen molar-refractivity contribution in [3.63, 3.8) is 0 Å². The van der Waals surface area contributed by atoms with E-state index < -0.39 is 0 Å². The predicted octanol–water partition coefficient (Wildman–Crippen LogP) is 5.31. The van der Waals surface area contributed by atoms with E-state index in [1.807, 2.05) is 24.3 Å². The van der Waals surface area contributed by atoms with Crippen molar-refractivity contribution in [1.82, 2.24) is 10.3 Å². The highest BCUT2D eigenvalue weighted by Gasteiger charge is 2.37. The first-order chi connectivity index (χ1) is 13.6. The van der Waals surface area contributed by atoms with Crippen LogP contribution in [-0.2, 0) is 5.54 Å². The molecule has 4 rings (SSSR count). The lowest BCUT2D eigenvalue weighted by atomic mass is 9.85. The fourth-order valence-corrected chi connectivity index (χ4v) is 4.65. The number of nitrogens with zero attached hydrogens (tertiary/aromatic N) is 1. The molecule has 0 amide bonds. The number of fused-ring (bicyclic) bond motifs is 1. The largest absolute Gasteiger partial charge is 0.494 e. The zero-order chi connectivity index (χ0) is 19.6. The Kier molecular flexibility index (Phi) is 5.18. The van der Waals surface area contributed by atoms with Crippen molar-refractivity contribution in [2.45, 2.75) is 38.1 Å². The average molecular weight is 392 g/mol. The van der Waals surface area contributed by atoms with Crippen molar-refractivity contribution in [3.05, 3.63) is 65.9 Å². The minimum Gasteiger partial charge on any atom is -0.494 e. The van der Waals surface area contributed by atoms with E-state index in [2.05, 4.69) is 46.8 Å². The number of methoxy groups -OCH3 is 1. The first kappa shape index (κ1) is 18.7. The van der Waals surface area contributed by atoms with Crippen LogP contribution >= 0.6 is 12.2 Å². The van der Waals surface area contributed by atoms with Crippen molar-refractivity contribution in [2.24, 2.45) is 0 Å². The lowest BCUT2D eigenvalue weighted by molar-refractivity contribution is 0.406. The highest BCUT2D eigenvalue weighted by Crippen LogP contribution is 2.40.